The summed E-state index contributed by atoms with van der Waals surface area (Å²) in [7, 11) is 0. The smallest absolute Gasteiger partial charge is 0.335 e. The zero-order valence-electron chi connectivity index (χ0n) is 12.6. The molecule has 4 aromatic rings. The summed E-state index contributed by atoms with van der Waals surface area (Å²) in [4.78, 5) is 42.7. The van der Waals surface area contributed by atoms with Crippen LogP contribution in [0.2, 0.25) is 0 Å². The largest absolute Gasteiger partial charge is 0.478 e. The van der Waals surface area contributed by atoms with Gasteiger partial charge in [0.2, 0.25) is 11.2 Å². The van der Waals surface area contributed by atoms with E-state index in [9.17, 15) is 14.4 Å². The third-order valence-corrected chi connectivity index (χ3v) is 3.89. The number of hydrogen-bond donors (Lipinski definition) is 2. The molecular formula is C18H10N2O5. The van der Waals surface area contributed by atoms with Gasteiger partial charge >= 0.3 is 5.97 Å². The summed E-state index contributed by atoms with van der Waals surface area (Å²) in [6.45, 7) is 0. The summed E-state index contributed by atoms with van der Waals surface area (Å²) in [6, 6.07) is 8.55. The van der Waals surface area contributed by atoms with Crippen LogP contribution in [0.4, 0.5) is 0 Å². The van der Waals surface area contributed by atoms with Crippen LogP contribution in [0.5, 0.6) is 0 Å². The lowest BCUT2D eigenvalue weighted by Crippen LogP contribution is -2.07. The quantitative estimate of drug-likeness (QED) is 0.440. The van der Waals surface area contributed by atoms with Crippen LogP contribution < -0.4 is 5.43 Å². The van der Waals surface area contributed by atoms with E-state index in [1.54, 1.807) is 6.20 Å². The van der Waals surface area contributed by atoms with Gasteiger partial charge in [0.05, 0.1) is 16.3 Å². The van der Waals surface area contributed by atoms with Crippen LogP contribution in [0, 0.1) is 0 Å². The predicted octanol–water partition coefficient (Wildman–Crippen LogP) is 2.60. The Labute approximate surface area is 139 Å². The fourth-order valence-electron chi connectivity index (χ4n) is 2.65. The molecule has 122 valence electrons. The Hall–Kier alpha value is -3.74. The molecule has 0 aliphatic heterocycles. The minimum absolute atomic E-state index is 0.00349. The average molecular weight is 334 g/mol. The Morgan fingerprint density at radius 3 is 2.52 bits per heavy atom. The number of carboxylic acid groups (broad SMARTS) is 1. The lowest BCUT2D eigenvalue weighted by molar-refractivity contribution is 0.0697. The monoisotopic (exact) mass is 334 g/mol. The minimum atomic E-state index is -1.12. The summed E-state index contributed by atoms with van der Waals surface area (Å²) in [5.41, 5.74) is 0.482. The maximum absolute atomic E-state index is 12.6. The zero-order valence-corrected chi connectivity index (χ0v) is 12.6. The van der Waals surface area contributed by atoms with Gasteiger partial charge in [-0.2, -0.15) is 0 Å². The molecule has 25 heavy (non-hydrogen) atoms. The standard InChI is InChI=1S/C18H10N2O5/c21-15(17-19-5-6-20-17)9-1-3-11-14(8-9)25-13-4-2-10(18(23)24)7-12(13)16(11)22/h1-8H,(H,19,20)(H,23,24). The lowest BCUT2D eigenvalue weighted by atomic mass is 10.1. The number of ketones is 1. The molecule has 7 heteroatoms. The van der Waals surface area contributed by atoms with Gasteiger partial charge in [0.15, 0.2) is 5.82 Å². The number of hydrogen-bond acceptors (Lipinski definition) is 5. The highest BCUT2D eigenvalue weighted by molar-refractivity contribution is 6.08. The van der Waals surface area contributed by atoms with Crippen LogP contribution in [0.3, 0.4) is 0 Å². The van der Waals surface area contributed by atoms with Crippen molar-refractivity contribution in [3.8, 4) is 0 Å². The number of aromatic carboxylic acids is 1. The average Bonchev–Trinajstić information content (AvgIpc) is 3.15. The van der Waals surface area contributed by atoms with Gasteiger partial charge in [-0.15, -0.1) is 0 Å². The van der Waals surface area contributed by atoms with Crippen molar-refractivity contribution < 1.29 is 19.1 Å². The van der Waals surface area contributed by atoms with Crippen molar-refractivity contribution in [1.29, 1.82) is 0 Å². The van der Waals surface area contributed by atoms with Crippen LogP contribution >= 0.6 is 0 Å². The highest BCUT2D eigenvalue weighted by Gasteiger charge is 2.15. The molecule has 2 N–H and O–H groups in total. The Kier molecular flexibility index (Phi) is 3.21. The Morgan fingerprint density at radius 2 is 1.80 bits per heavy atom. The molecule has 0 saturated heterocycles. The number of H-pyrrole nitrogens is 1. The van der Waals surface area contributed by atoms with E-state index in [0.717, 1.165) is 0 Å². The molecule has 2 aromatic carbocycles. The third-order valence-electron chi connectivity index (χ3n) is 3.89. The molecule has 0 spiro atoms. The fraction of sp³-hybridized carbons (Fsp3) is 0. The van der Waals surface area contributed by atoms with Gasteiger partial charge in [-0.3, -0.25) is 9.59 Å². The van der Waals surface area contributed by atoms with Crippen LogP contribution in [-0.2, 0) is 0 Å². The minimum Gasteiger partial charge on any atom is -0.478 e. The highest BCUT2D eigenvalue weighted by Crippen LogP contribution is 2.21. The molecule has 4 rings (SSSR count). The van der Waals surface area contributed by atoms with Gasteiger partial charge in [0, 0.05) is 18.0 Å². The van der Waals surface area contributed by atoms with Crippen molar-refractivity contribution >= 4 is 33.7 Å². The molecule has 2 aromatic heterocycles. The van der Waals surface area contributed by atoms with Gasteiger partial charge in [-0.25, -0.2) is 9.78 Å². The molecule has 2 heterocycles. The number of rotatable bonds is 3. The number of aromatic amines is 1. The maximum atomic E-state index is 12.6. The van der Waals surface area contributed by atoms with Crippen molar-refractivity contribution in [3.05, 3.63) is 76.0 Å². The SMILES string of the molecule is O=C(O)c1ccc2oc3cc(C(=O)c4ncc[nH]4)ccc3c(=O)c2c1. The van der Waals surface area contributed by atoms with E-state index < -0.39 is 5.97 Å². The van der Waals surface area contributed by atoms with E-state index in [4.69, 9.17) is 9.52 Å². The van der Waals surface area contributed by atoms with Crippen molar-refractivity contribution in [2.24, 2.45) is 0 Å². The number of benzene rings is 2. The summed E-state index contributed by atoms with van der Waals surface area (Å²) < 4.78 is 5.69. The number of carbonyl (C=O) groups is 2. The molecule has 0 unspecified atom stereocenters. The molecule has 0 aliphatic carbocycles. The van der Waals surface area contributed by atoms with Crippen molar-refractivity contribution in [2.75, 3.05) is 0 Å². The second-order valence-electron chi connectivity index (χ2n) is 5.43. The first-order chi connectivity index (χ1) is 12.0. The molecule has 0 atom stereocenters. The van der Waals surface area contributed by atoms with Crippen molar-refractivity contribution in [2.45, 2.75) is 0 Å². The molecule has 7 nitrogen and oxygen atoms in total. The van der Waals surface area contributed by atoms with Gasteiger partial charge in [0.25, 0.3) is 0 Å². The maximum Gasteiger partial charge on any atom is 0.335 e. The fourth-order valence-corrected chi connectivity index (χ4v) is 2.65. The van der Waals surface area contributed by atoms with Crippen LogP contribution in [0.25, 0.3) is 21.9 Å². The number of nitrogens with zero attached hydrogens (tertiary/aromatic N) is 1. The highest BCUT2D eigenvalue weighted by atomic mass is 16.4. The first-order valence-electron chi connectivity index (χ1n) is 7.32. The zero-order chi connectivity index (χ0) is 17.6. The topological polar surface area (TPSA) is 113 Å². The van der Waals surface area contributed by atoms with E-state index >= 15 is 0 Å². The normalized spacial score (nSPS) is 11.0. The molecule has 0 saturated carbocycles. The predicted molar refractivity (Wildman–Crippen MR) is 89.0 cm³/mol. The number of imidazole rings is 1. The van der Waals surface area contributed by atoms with E-state index in [2.05, 4.69) is 9.97 Å². The van der Waals surface area contributed by atoms with Gasteiger partial charge in [0.1, 0.15) is 11.2 Å². The molecular weight excluding hydrogens is 324 g/mol. The van der Waals surface area contributed by atoms with E-state index in [0.29, 0.717) is 5.56 Å². The number of carbonyl (C=O) groups excluding carboxylic acids is 1. The Balaban J connectivity index is 1.93. The van der Waals surface area contributed by atoms with Gasteiger partial charge in [-0.05, 0) is 36.4 Å². The Bertz CT molecular complexity index is 1210. The van der Waals surface area contributed by atoms with Gasteiger partial charge < -0.3 is 14.5 Å². The summed E-state index contributed by atoms with van der Waals surface area (Å²) >= 11 is 0. The summed E-state index contributed by atoms with van der Waals surface area (Å²) in [5.74, 6) is -1.26. The van der Waals surface area contributed by atoms with Gasteiger partial charge in [-0.1, -0.05) is 0 Å². The van der Waals surface area contributed by atoms with E-state index in [1.165, 1.54) is 42.6 Å². The number of aromatic nitrogens is 2. The summed E-state index contributed by atoms with van der Waals surface area (Å²) in [6.07, 6.45) is 3.02. The molecule has 0 fully saturated rings. The van der Waals surface area contributed by atoms with E-state index in [-0.39, 0.29) is 44.5 Å². The van der Waals surface area contributed by atoms with Crippen molar-refractivity contribution in [1.82, 2.24) is 9.97 Å². The molecule has 0 bridgehead atoms. The second-order valence-corrected chi connectivity index (χ2v) is 5.43. The molecule has 0 amide bonds. The molecule has 0 radical (unpaired) electrons. The van der Waals surface area contributed by atoms with Crippen LogP contribution in [0.1, 0.15) is 26.5 Å². The number of fused-ring (bicyclic) bond motifs is 2. The molecule has 0 aliphatic rings. The number of nitrogens with one attached hydrogen (secondary N) is 1. The van der Waals surface area contributed by atoms with Crippen LogP contribution in [0.15, 0.2) is 58.0 Å². The second kappa shape index (κ2) is 5.41. The Morgan fingerprint density at radius 1 is 1.00 bits per heavy atom. The first-order valence-corrected chi connectivity index (χ1v) is 7.32. The first kappa shape index (κ1) is 14.8. The number of carboxylic acids is 1. The van der Waals surface area contributed by atoms with Crippen LogP contribution in [-0.4, -0.2) is 26.8 Å². The third kappa shape index (κ3) is 2.38. The summed E-state index contributed by atoms with van der Waals surface area (Å²) in [5, 5.41) is 9.51. The lowest BCUT2D eigenvalue weighted by Gasteiger charge is -2.04. The van der Waals surface area contributed by atoms with E-state index in [1.807, 2.05) is 0 Å². The van der Waals surface area contributed by atoms with Crippen molar-refractivity contribution in [3.63, 3.8) is 0 Å².